The van der Waals surface area contributed by atoms with E-state index in [1.54, 1.807) is 0 Å². The highest BCUT2D eigenvalue weighted by Crippen LogP contribution is 2.14. The Morgan fingerprint density at radius 3 is 2.35 bits per heavy atom. The molecule has 1 aromatic carbocycles. The molecular weight excluding hydrogens is 246 g/mol. The average molecular weight is 259 g/mol. The lowest BCUT2D eigenvalue weighted by molar-refractivity contribution is -0.123. The Bertz CT molecular complexity index is 483. The van der Waals surface area contributed by atoms with Crippen LogP contribution in [0.25, 0.3) is 0 Å². The minimum Gasteiger partial charge on any atom is -0.484 e. The van der Waals surface area contributed by atoms with Crippen molar-refractivity contribution in [3.63, 3.8) is 0 Å². The van der Waals surface area contributed by atoms with Gasteiger partial charge in [0, 0.05) is 0 Å². The summed E-state index contributed by atoms with van der Waals surface area (Å²) in [5, 5.41) is 7.27. The van der Waals surface area contributed by atoms with Crippen LogP contribution in [0.4, 0.5) is 0 Å². The zero-order chi connectivity index (χ0) is 12.9. The lowest BCUT2D eigenvalue weighted by Gasteiger charge is -2.06. The first kappa shape index (κ1) is 13.4. The molecule has 0 saturated carbocycles. The van der Waals surface area contributed by atoms with Crippen molar-refractivity contribution in [2.24, 2.45) is 10.9 Å². The summed E-state index contributed by atoms with van der Waals surface area (Å²) in [6.45, 7) is -0.154. The van der Waals surface area contributed by atoms with Gasteiger partial charge in [0.15, 0.2) is 6.61 Å². The second-order valence-corrected chi connectivity index (χ2v) is 4.67. The van der Waals surface area contributed by atoms with Gasteiger partial charge in [-0.2, -0.15) is 0 Å². The van der Waals surface area contributed by atoms with Crippen LogP contribution in [0.1, 0.15) is 0 Å². The molecule has 1 rings (SSSR count). The van der Waals surface area contributed by atoms with Gasteiger partial charge in [-0.15, -0.1) is 0 Å². The van der Waals surface area contributed by atoms with Crippen LogP contribution in [0.15, 0.2) is 29.2 Å². The number of amides is 1. The minimum absolute atomic E-state index is 0.0174. The Kier molecular flexibility index (Phi) is 4.44. The summed E-state index contributed by atoms with van der Waals surface area (Å²) in [5.74, 6) is 0.00703. The second kappa shape index (κ2) is 5.62. The van der Waals surface area contributed by atoms with E-state index in [9.17, 15) is 13.2 Å². The molecule has 0 heterocycles. The summed E-state index contributed by atoms with van der Waals surface area (Å²) in [6.07, 6.45) is 0. The van der Waals surface area contributed by atoms with Crippen LogP contribution >= 0.6 is 0 Å². The van der Waals surface area contributed by atoms with Crippen LogP contribution in [0.5, 0.6) is 5.75 Å². The normalized spacial score (nSPS) is 10.9. The van der Waals surface area contributed by atoms with Crippen molar-refractivity contribution >= 4 is 15.9 Å². The number of hydrogen-bond acceptors (Lipinski definition) is 5. The summed E-state index contributed by atoms with van der Waals surface area (Å²) in [7, 11) is -3.71. The van der Waals surface area contributed by atoms with Crippen LogP contribution in [0.2, 0.25) is 0 Å². The van der Waals surface area contributed by atoms with Gasteiger partial charge >= 0.3 is 0 Å². The molecule has 1 aromatic rings. The van der Waals surface area contributed by atoms with Crippen molar-refractivity contribution in [2.75, 3.05) is 13.3 Å². The quantitative estimate of drug-likeness (QED) is 0.569. The predicted octanol–water partition coefficient (Wildman–Crippen LogP) is -1.25. The highest BCUT2D eigenvalue weighted by molar-refractivity contribution is 7.89. The lowest BCUT2D eigenvalue weighted by Crippen LogP contribution is -2.33. The number of primary sulfonamides is 1. The molecule has 1 amide bonds. The van der Waals surface area contributed by atoms with Crippen molar-refractivity contribution in [3.8, 4) is 5.75 Å². The van der Waals surface area contributed by atoms with Crippen LogP contribution in [0.3, 0.4) is 0 Å². The first-order valence-electron chi connectivity index (χ1n) is 4.66. The Morgan fingerprint density at radius 1 is 1.29 bits per heavy atom. The summed E-state index contributed by atoms with van der Waals surface area (Å²) in [4.78, 5) is 11.0. The third-order valence-electron chi connectivity index (χ3n) is 1.82. The molecule has 0 fully saturated rings. The zero-order valence-electron chi connectivity index (χ0n) is 8.92. The maximum Gasteiger partial charge on any atom is 0.258 e. The average Bonchev–Trinajstić information content (AvgIpc) is 2.26. The number of benzene rings is 1. The monoisotopic (exact) mass is 259 g/mol. The van der Waals surface area contributed by atoms with Crippen molar-refractivity contribution in [3.05, 3.63) is 24.3 Å². The van der Waals surface area contributed by atoms with E-state index < -0.39 is 10.0 Å². The Balaban J connectivity index is 2.60. The Hall–Kier alpha value is -1.64. The topological polar surface area (TPSA) is 125 Å². The number of nitrogens with two attached hydrogens (primary N) is 2. The molecule has 7 nitrogen and oxygen atoms in total. The van der Waals surface area contributed by atoms with Gasteiger partial charge in [0.25, 0.3) is 5.91 Å². The SMILES string of the molecule is NCNC(=O)COc1ccc(S(N)(=O)=O)cc1. The largest absolute Gasteiger partial charge is 0.484 e. The van der Waals surface area contributed by atoms with E-state index in [4.69, 9.17) is 15.6 Å². The highest BCUT2D eigenvalue weighted by atomic mass is 32.2. The molecule has 0 aliphatic heterocycles. The molecule has 0 unspecified atom stereocenters. The molecule has 0 aliphatic carbocycles. The molecule has 0 aliphatic rings. The van der Waals surface area contributed by atoms with Crippen molar-refractivity contribution < 1.29 is 17.9 Å². The van der Waals surface area contributed by atoms with E-state index in [0.29, 0.717) is 5.75 Å². The molecule has 17 heavy (non-hydrogen) atoms. The molecule has 0 radical (unpaired) electrons. The number of carbonyl (C=O) groups excluding carboxylic acids is 1. The van der Waals surface area contributed by atoms with Crippen LogP contribution in [-0.4, -0.2) is 27.6 Å². The van der Waals surface area contributed by atoms with Gasteiger partial charge in [0.2, 0.25) is 10.0 Å². The molecular formula is C9H13N3O4S. The third-order valence-corrected chi connectivity index (χ3v) is 2.75. The van der Waals surface area contributed by atoms with Gasteiger partial charge in [0.1, 0.15) is 5.75 Å². The van der Waals surface area contributed by atoms with E-state index in [-0.39, 0.29) is 24.1 Å². The van der Waals surface area contributed by atoms with Gasteiger partial charge in [-0.3, -0.25) is 4.79 Å². The first-order chi connectivity index (χ1) is 7.93. The molecule has 0 saturated heterocycles. The van der Waals surface area contributed by atoms with Crippen molar-refractivity contribution in [1.82, 2.24) is 5.32 Å². The maximum atomic E-state index is 11.0. The lowest BCUT2D eigenvalue weighted by atomic mass is 10.3. The van der Waals surface area contributed by atoms with Gasteiger partial charge in [-0.1, -0.05) is 0 Å². The van der Waals surface area contributed by atoms with Crippen LogP contribution in [0, 0.1) is 0 Å². The van der Waals surface area contributed by atoms with Crippen molar-refractivity contribution in [1.29, 1.82) is 0 Å². The fourth-order valence-corrected chi connectivity index (χ4v) is 1.55. The van der Waals surface area contributed by atoms with Crippen LogP contribution < -0.4 is 20.9 Å². The maximum absolute atomic E-state index is 11.0. The van der Waals surface area contributed by atoms with Gasteiger partial charge in [-0.05, 0) is 24.3 Å². The van der Waals surface area contributed by atoms with Crippen molar-refractivity contribution in [2.45, 2.75) is 4.90 Å². The fraction of sp³-hybridized carbons (Fsp3) is 0.222. The minimum atomic E-state index is -3.71. The number of rotatable bonds is 5. The number of hydrogen-bond donors (Lipinski definition) is 3. The van der Waals surface area contributed by atoms with Gasteiger partial charge in [-0.25, -0.2) is 13.6 Å². The van der Waals surface area contributed by atoms with Gasteiger partial charge in [0.05, 0.1) is 11.6 Å². The fourth-order valence-electron chi connectivity index (χ4n) is 1.04. The Labute approximate surface area is 98.8 Å². The summed E-state index contributed by atoms with van der Waals surface area (Å²) >= 11 is 0. The standard InChI is InChI=1S/C9H13N3O4S/c10-6-12-9(13)5-16-7-1-3-8(4-2-7)17(11,14)15/h1-4H,5-6,10H2,(H,12,13)(H2,11,14,15). The number of ether oxygens (including phenoxy) is 1. The van der Waals surface area contributed by atoms with E-state index >= 15 is 0 Å². The first-order valence-corrected chi connectivity index (χ1v) is 6.20. The number of carbonyl (C=O) groups is 1. The smallest absolute Gasteiger partial charge is 0.258 e. The predicted molar refractivity (Wildman–Crippen MR) is 60.5 cm³/mol. The molecule has 0 spiro atoms. The van der Waals surface area contributed by atoms with Crippen LogP contribution in [-0.2, 0) is 14.8 Å². The van der Waals surface area contributed by atoms with E-state index in [0.717, 1.165) is 0 Å². The second-order valence-electron chi connectivity index (χ2n) is 3.11. The summed E-state index contributed by atoms with van der Waals surface area (Å²) in [5.41, 5.74) is 5.10. The number of nitrogens with one attached hydrogen (secondary N) is 1. The molecule has 8 heteroatoms. The van der Waals surface area contributed by atoms with E-state index in [1.807, 2.05) is 0 Å². The highest BCUT2D eigenvalue weighted by Gasteiger charge is 2.07. The Morgan fingerprint density at radius 2 is 1.88 bits per heavy atom. The third kappa shape index (κ3) is 4.39. The molecule has 5 N–H and O–H groups in total. The molecule has 0 bridgehead atoms. The molecule has 0 aromatic heterocycles. The number of sulfonamides is 1. The van der Waals surface area contributed by atoms with E-state index in [1.165, 1.54) is 24.3 Å². The zero-order valence-corrected chi connectivity index (χ0v) is 9.74. The van der Waals surface area contributed by atoms with Gasteiger partial charge < -0.3 is 15.8 Å². The van der Waals surface area contributed by atoms with E-state index in [2.05, 4.69) is 5.32 Å². The summed E-state index contributed by atoms with van der Waals surface area (Å²) in [6, 6.07) is 5.42. The summed E-state index contributed by atoms with van der Waals surface area (Å²) < 4.78 is 27.0. The molecule has 94 valence electrons. The molecule has 0 atom stereocenters.